The Kier molecular flexibility index (Phi) is 7.19. The van der Waals surface area contributed by atoms with Crippen molar-refractivity contribution in [2.24, 2.45) is 0 Å². The fraction of sp³-hybridized carbons (Fsp3) is 0.579. The number of nitrogens with one attached hydrogen (secondary N) is 3. The topological polar surface area (TPSA) is 127 Å². The third-order valence-electron chi connectivity index (χ3n) is 4.70. The van der Waals surface area contributed by atoms with Gasteiger partial charge in [-0.1, -0.05) is 12.8 Å². The number of rotatable bonds is 6. The largest absolute Gasteiger partial charge is 0.461 e. The van der Waals surface area contributed by atoms with E-state index in [1.54, 1.807) is 20.8 Å². The number of ether oxygens (including phenoxy) is 2. The van der Waals surface area contributed by atoms with Crippen LogP contribution in [0.4, 0.5) is 4.79 Å². The smallest absolute Gasteiger partial charge is 0.355 e. The van der Waals surface area contributed by atoms with Gasteiger partial charge in [0, 0.05) is 11.7 Å². The van der Waals surface area contributed by atoms with E-state index in [2.05, 4.69) is 15.6 Å². The van der Waals surface area contributed by atoms with Gasteiger partial charge >= 0.3 is 18.0 Å². The SMILES string of the molecule is CCOC(=O)c1[nH]c(C)c(C(=O)O[C@H](C)C(=O)NC(=O)NC2CCCC2)c1C. The molecule has 9 heteroatoms. The van der Waals surface area contributed by atoms with Crippen molar-refractivity contribution < 1.29 is 28.7 Å². The van der Waals surface area contributed by atoms with Gasteiger partial charge in [0.25, 0.3) is 5.91 Å². The molecule has 0 aliphatic heterocycles. The monoisotopic (exact) mass is 393 g/mol. The predicted octanol–water partition coefficient (Wildman–Crippen LogP) is 2.12. The number of carbonyl (C=O) groups excluding carboxylic acids is 4. The van der Waals surface area contributed by atoms with Crippen molar-refractivity contribution in [3.8, 4) is 0 Å². The molecule has 3 amide bonds. The van der Waals surface area contributed by atoms with Gasteiger partial charge in [-0.25, -0.2) is 14.4 Å². The molecular formula is C19H27N3O6. The van der Waals surface area contributed by atoms with Crippen LogP contribution in [0, 0.1) is 13.8 Å². The van der Waals surface area contributed by atoms with Crippen LogP contribution in [-0.4, -0.2) is 47.6 Å². The molecule has 0 radical (unpaired) electrons. The second-order valence-electron chi connectivity index (χ2n) is 6.84. The number of amides is 3. The van der Waals surface area contributed by atoms with Gasteiger partial charge in [-0.15, -0.1) is 0 Å². The van der Waals surface area contributed by atoms with Crippen molar-refractivity contribution in [3.05, 3.63) is 22.5 Å². The van der Waals surface area contributed by atoms with Crippen molar-refractivity contribution in [2.75, 3.05) is 6.61 Å². The maximum atomic E-state index is 12.5. The number of H-pyrrole nitrogens is 1. The summed E-state index contributed by atoms with van der Waals surface area (Å²) in [6.07, 6.45) is 2.70. The first-order valence-corrected chi connectivity index (χ1v) is 9.43. The highest BCUT2D eigenvalue weighted by Gasteiger charge is 2.27. The van der Waals surface area contributed by atoms with Gasteiger partial charge in [0.05, 0.1) is 12.2 Å². The summed E-state index contributed by atoms with van der Waals surface area (Å²) in [4.78, 5) is 51.2. The standard InChI is InChI=1S/C19H27N3O6/c1-5-27-18(25)15-10(2)14(11(3)20-15)17(24)28-12(4)16(23)22-19(26)21-13-8-6-7-9-13/h12-13,20H,5-9H2,1-4H3,(H2,21,22,23,26)/t12-/m1/s1. The van der Waals surface area contributed by atoms with Crippen LogP contribution < -0.4 is 10.6 Å². The zero-order valence-electron chi connectivity index (χ0n) is 16.6. The summed E-state index contributed by atoms with van der Waals surface area (Å²) in [5.74, 6) is -2.06. The van der Waals surface area contributed by atoms with E-state index in [4.69, 9.17) is 9.47 Å². The lowest BCUT2D eigenvalue weighted by Crippen LogP contribution is -2.47. The molecule has 0 bridgehead atoms. The first-order valence-electron chi connectivity index (χ1n) is 9.43. The maximum absolute atomic E-state index is 12.5. The number of aromatic amines is 1. The Labute approximate surface area is 163 Å². The molecule has 1 heterocycles. The summed E-state index contributed by atoms with van der Waals surface area (Å²) >= 11 is 0. The molecule has 1 aliphatic carbocycles. The molecule has 3 N–H and O–H groups in total. The lowest BCUT2D eigenvalue weighted by molar-refractivity contribution is -0.127. The molecule has 0 saturated heterocycles. The highest BCUT2D eigenvalue weighted by atomic mass is 16.5. The third-order valence-corrected chi connectivity index (χ3v) is 4.70. The van der Waals surface area contributed by atoms with Crippen LogP contribution in [0.5, 0.6) is 0 Å². The number of carbonyl (C=O) groups is 4. The van der Waals surface area contributed by atoms with Gasteiger partial charge in [-0.05, 0) is 46.1 Å². The lowest BCUT2D eigenvalue weighted by Gasteiger charge is -2.15. The van der Waals surface area contributed by atoms with Crippen LogP contribution in [0.1, 0.15) is 71.6 Å². The van der Waals surface area contributed by atoms with Crippen LogP contribution in [0.15, 0.2) is 0 Å². The quantitative estimate of drug-likeness (QED) is 0.636. The Morgan fingerprint density at radius 2 is 1.79 bits per heavy atom. The van der Waals surface area contributed by atoms with E-state index in [0.29, 0.717) is 11.3 Å². The van der Waals surface area contributed by atoms with Crippen LogP contribution in [0.2, 0.25) is 0 Å². The average molecular weight is 393 g/mol. The van der Waals surface area contributed by atoms with Gasteiger partial charge in [0.1, 0.15) is 5.69 Å². The Hall–Kier alpha value is -2.84. The normalized spacial score (nSPS) is 15.0. The molecule has 1 fully saturated rings. The Morgan fingerprint density at radius 1 is 1.14 bits per heavy atom. The van der Waals surface area contributed by atoms with Gasteiger partial charge in [-0.3, -0.25) is 10.1 Å². The number of hydrogen-bond acceptors (Lipinski definition) is 6. The zero-order valence-corrected chi connectivity index (χ0v) is 16.6. The molecule has 0 unspecified atom stereocenters. The number of aromatic nitrogens is 1. The molecule has 2 rings (SSSR count). The van der Waals surface area contributed by atoms with E-state index in [-0.39, 0.29) is 23.9 Å². The van der Waals surface area contributed by atoms with Gasteiger partial charge in [-0.2, -0.15) is 0 Å². The van der Waals surface area contributed by atoms with E-state index in [0.717, 1.165) is 25.7 Å². The number of imide groups is 1. The lowest BCUT2D eigenvalue weighted by atomic mass is 10.1. The van der Waals surface area contributed by atoms with Crippen molar-refractivity contribution in [3.63, 3.8) is 0 Å². The van der Waals surface area contributed by atoms with Crippen molar-refractivity contribution in [2.45, 2.75) is 65.5 Å². The molecule has 9 nitrogen and oxygen atoms in total. The number of urea groups is 1. The predicted molar refractivity (Wildman–Crippen MR) is 100 cm³/mol. The number of hydrogen-bond donors (Lipinski definition) is 3. The van der Waals surface area contributed by atoms with Gasteiger partial charge in [0.2, 0.25) is 0 Å². The zero-order chi connectivity index (χ0) is 20.8. The van der Waals surface area contributed by atoms with Crippen molar-refractivity contribution in [1.29, 1.82) is 0 Å². The summed E-state index contributed by atoms with van der Waals surface area (Å²) < 4.78 is 10.1. The van der Waals surface area contributed by atoms with E-state index in [1.165, 1.54) is 6.92 Å². The summed E-state index contributed by atoms with van der Waals surface area (Å²) in [5, 5.41) is 4.91. The second-order valence-corrected chi connectivity index (χ2v) is 6.84. The molecule has 1 saturated carbocycles. The maximum Gasteiger partial charge on any atom is 0.355 e. The minimum atomic E-state index is -1.18. The molecule has 1 aliphatic rings. The van der Waals surface area contributed by atoms with Crippen molar-refractivity contribution >= 4 is 23.9 Å². The fourth-order valence-corrected chi connectivity index (χ4v) is 3.24. The number of esters is 2. The first kappa shape index (κ1) is 21.5. The second kappa shape index (κ2) is 9.38. The molecule has 1 aromatic rings. The molecule has 1 atom stereocenters. The molecule has 1 aromatic heterocycles. The highest BCUT2D eigenvalue weighted by Crippen LogP contribution is 2.20. The molecule has 28 heavy (non-hydrogen) atoms. The summed E-state index contributed by atoms with van der Waals surface area (Å²) in [5.41, 5.74) is 1.14. The summed E-state index contributed by atoms with van der Waals surface area (Å²) in [6, 6.07) is -0.532. The van der Waals surface area contributed by atoms with Gasteiger partial charge < -0.3 is 19.8 Å². The average Bonchev–Trinajstić information content (AvgIpc) is 3.22. The third kappa shape index (κ3) is 5.11. The summed E-state index contributed by atoms with van der Waals surface area (Å²) in [7, 11) is 0. The highest BCUT2D eigenvalue weighted by molar-refractivity contribution is 6.01. The van der Waals surface area contributed by atoms with Crippen LogP contribution in [0.3, 0.4) is 0 Å². The van der Waals surface area contributed by atoms with Crippen LogP contribution in [-0.2, 0) is 14.3 Å². The molecular weight excluding hydrogens is 366 g/mol. The fourth-order valence-electron chi connectivity index (χ4n) is 3.24. The Balaban J connectivity index is 1.96. The minimum absolute atomic E-state index is 0.0668. The van der Waals surface area contributed by atoms with Crippen LogP contribution in [0.25, 0.3) is 0 Å². The summed E-state index contributed by atoms with van der Waals surface area (Å²) in [6.45, 7) is 6.47. The molecule has 0 aromatic carbocycles. The minimum Gasteiger partial charge on any atom is -0.461 e. The van der Waals surface area contributed by atoms with Crippen LogP contribution >= 0.6 is 0 Å². The van der Waals surface area contributed by atoms with Crippen molar-refractivity contribution in [1.82, 2.24) is 15.6 Å². The van der Waals surface area contributed by atoms with E-state index in [1.807, 2.05) is 0 Å². The molecule has 0 spiro atoms. The van der Waals surface area contributed by atoms with E-state index >= 15 is 0 Å². The Bertz CT molecular complexity index is 764. The molecule has 154 valence electrons. The van der Waals surface area contributed by atoms with E-state index < -0.39 is 30.0 Å². The first-order chi connectivity index (χ1) is 13.2. The Morgan fingerprint density at radius 3 is 2.39 bits per heavy atom. The number of aryl methyl sites for hydroxylation is 1. The van der Waals surface area contributed by atoms with E-state index in [9.17, 15) is 19.2 Å². The van der Waals surface area contributed by atoms with Gasteiger partial charge in [0.15, 0.2) is 6.10 Å².